The highest BCUT2D eigenvalue weighted by molar-refractivity contribution is 5.92. The van der Waals surface area contributed by atoms with Crippen LogP contribution in [0.25, 0.3) is 0 Å². The zero-order valence-electron chi connectivity index (χ0n) is 13.2. The van der Waals surface area contributed by atoms with E-state index >= 15 is 0 Å². The Labute approximate surface area is 131 Å². The lowest BCUT2D eigenvalue weighted by molar-refractivity contribution is -0.118. The average molecular weight is 304 g/mol. The number of rotatable bonds is 4. The van der Waals surface area contributed by atoms with E-state index < -0.39 is 0 Å². The van der Waals surface area contributed by atoms with E-state index in [0.29, 0.717) is 25.7 Å². The van der Waals surface area contributed by atoms with Gasteiger partial charge in [0.25, 0.3) is 0 Å². The van der Waals surface area contributed by atoms with Crippen molar-refractivity contribution in [2.75, 3.05) is 31.6 Å². The van der Waals surface area contributed by atoms with Gasteiger partial charge in [0, 0.05) is 24.7 Å². The Morgan fingerprint density at radius 1 is 1.32 bits per heavy atom. The lowest BCUT2D eigenvalue weighted by atomic mass is 10.2. The summed E-state index contributed by atoms with van der Waals surface area (Å²) in [6.07, 6.45) is 0. The molecule has 1 aromatic rings. The molecule has 0 saturated carbocycles. The Morgan fingerprint density at radius 3 is 2.55 bits per heavy atom. The van der Waals surface area contributed by atoms with Crippen LogP contribution in [0.4, 0.5) is 5.69 Å². The third kappa shape index (κ3) is 4.73. The van der Waals surface area contributed by atoms with E-state index in [1.165, 1.54) is 0 Å². The van der Waals surface area contributed by atoms with E-state index in [1.54, 1.807) is 0 Å². The first-order valence-electron chi connectivity index (χ1n) is 7.58. The fourth-order valence-electron chi connectivity index (χ4n) is 2.04. The summed E-state index contributed by atoms with van der Waals surface area (Å²) < 4.78 is 5.29. The number of nitrogens with two attached hydrogens (primary N) is 1. The normalized spacial score (nSPS) is 16.0. The molecule has 0 spiro atoms. The van der Waals surface area contributed by atoms with Crippen molar-refractivity contribution in [1.29, 1.82) is 0 Å². The van der Waals surface area contributed by atoms with Crippen LogP contribution in [-0.4, -0.2) is 43.1 Å². The van der Waals surface area contributed by atoms with Gasteiger partial charge in [-0.15, -0.1) is 0 Å². The van der Waals surface area contributed by atoms with Gasteiger partial charge in [-0.3, -0.25) is 4.79 Å². The number of amides is 1. The summed E-state index contributed by atoms with van der Waals surface area (Å²) in [7, 11) is 0. The van der Waals surface area contributed by atoms with Gasteiger partial charge in [0.1, 0.15) is 0 Å². The summed E-state index contributed by atoms with van der Waals surface area (Å²) >= 11 is 0. The second kappa shape index (κ2) is 7.79. The smallest absolute Gasteiger partial charge is 0.226 e. The molecule has 6 heteroatoms. The van der Waals surface area contributed by atoms with Crippen molar-refractivity contribution in [3.05, 3.63) is 29.8 Å². The summed E-state index contributed by atoms with van der Waals surface area (Å²) in [5, 5.41) is 2.86. The number of carbonyl (C=O) groups excluding carboxylic acids is 1. The summed E-state index contributed by atoms with van der Waals surface area (Å²) in [4.78, 5) is 18.1. The molecular weight excluding hydrogens is 280 g/mol. The Morgan fingerprint density at radius 2 is 1.95 bits per heavy atom. The second-order valence-electron chi connectivity index (χ2n) is 5.61. The number of morpholine rings is 1. The van der Waals surface area contributed by atoms with Crippen LogP contribution in [0.1, 0.15) is 19.4 Å². The second-order valence-corrected chi connectivity index (χ2v) is 5.61. The fraction of sp³-hybridized carbons (Fsp3) is 0.500. The third-order valence-electron chi connectivity index (χ3n) is 3.50. The Bertz CT molecular complexity index is 519. The monoisotopic (exact) mass is 304 g/mol. The number of aliphatic imine (C=N–C) groups is 1. The molecule has 1 saturated heterocycles. The number of nitrogens with one attached hydrogen (secondary N) is 1. The zero-order valence-corrected chi connectivity index (χ0v) is 13.2. The van der Waals surface area contributed by atoms with Gasteiger partial charge in [0.05, 0.1) is 19.8 Å². The molecule has 0 radical (unpaired) electrons. The van der Waals surface area contributed by atoms with Crippen LogP contribution in [0.3, 0.4) is 0 Å². The lowest BCUT2D eigenvalue weighted by Gasteiger charge is -2.27. The van der Waals surface area contributed by atoms with Crippen molar-refractivity contribution in [3.8, 4) is 0 Å². The van der Waals surface area contributed by atoms with E-state index in [9.17, 15) is 4.79 Å². The van der Waals surface area contributed by atoms with Gasteiger partial charge in [-0.1, -0.05) is 26.0 Å². The third-order valence-corrected chi connectivity index (χ3v) is 3.50. The van der Waals surface area contributed by atoms with E-state index in [1.807, 2.05) is 43.0 Å². The molecule has 0 unspecified atom stereocenters. The highest BCUT2D eigenvalue weighted by Gasteiger charge is 2.12. The topological polar surface area (TPSA) is 80.0 Å². The molecule has 1 aliphatic heterocycles. The SMILES string of the molecule is CC(C)C(=O)Nc1ccc(CN=C(N)N2CCOCC2)cc1. The molecule has 0 atom stereocenters. The number of ether oxygens (including phenoxy) is 1. The van der Waals surface area contributed by atoms with Gasteiger partial charge in [-0.2, -0.15) is 0 Å². The average Bonchev–Trinajstić information content (AvgIpc) is 2.54. The van der Waals surface area contributed by atoms with Crippen molar-refractivity contribution in [2.24, 2.45) is 16.6 Å². The number of nitrogens with zero attached hydrogens (tertiary/aromatic N) is 2. The molecule has 2 rings (SSSR count). The summed E-state index contributed by atoms with van der Waals surface area (Å²) in [6.45, 7) is 7.23. The molecule has 1 aromatic carbocycles. The maximum atomic E-state index is 11.6. The maximum Gasteiger partial charge on any atom is 0.226 e. The molecule has 1 heterocycles. The van der Waals surface area contributed by atoms with Gasteiger partial charge in [-0.05, 0) is 17.7 Å². The van der Waals surface area contributed by atoms with Crippen molar-refractivity contribution in [1.82, 2.24) is 4.90 Å². The Kier molecular flexibility index (Phi) is 5.77. The molecular formula is C16H24N4O2. The van der Waals surface area contributed by atoms with Crippen molar-refractivity contribution >= 4 is 17.6 Å². The number of guanidine groups is 1. The van der Waals surface area contributed by atoms with Gasteiger partial charge >= 0.3 is 0 Å². The molecule has 1 aliphatic rings. The first-order valence-corrected chi connectivity index (χ1v) is 7.58. The van der Waals surface area contributed by atoms with Crippen LogP contribution >= 0.6 is 0 Å². The fourth-order valence-corrected chi connectivity index (χ4v) is 2.04. The number of benzene rings is 1. The minimum Gasteiger partial charge on any atom is -0.378 e. The van der Waals surface area contributed by atoms with Crippen LogP contribution in [0, 0.1) is 5.92 Å². The zero-order chi connectivity index (χ0) is 15.9. The minimum absolute atomic E-state index is 0.0160. The lowest BCUT2D eigenvalue weighted by Crippen LogP contribution is -2.44. The van der Waals surface area contributed by atoms with Crippen LogP contribution in [-0.2, 0) is 16.1 Å². The van der Waals surface area contributed by atoms with Crippen molar-refractivity contribution < 1.29 is 9.53 Å². The summed E-state index contributed by atoms with van der Waals surface area (Å²) in [6, 6.07) is 7.67. The molecule has 1 amide bonds. The van der Waals surface area contributed by atoms with E-state index in [4.69, 9.17) is 10.5 Å². The summed E-state index contributed by atoms with van der Waals surface area (Å²) in [5.41, 5.74) is 7.84. The molecule has 6 nitrogen and oxygen atoms in total. The molecule has 0 aliphatic carbocycles. The first kappa shape index (κ1) is 16.3. The van der Waals surface area contributed by atoms with Crippen molar-refractivity contribution in [3.63, 3.8) is 0 Å². The largest absolute Gasteiger partial charge is 0.378 e. The van der Waals surface area contributed by atoms with Gasteiger partial charge < -0.3 is 20.7 Å². The minimum atomic E-state index is -0.0300. The van der Waals surface area contributed by atoms with Crippen LogP contribution in [0.5, 0.6) is 0 Å². The van der Waals surface area contributed by atoms with E-state index in [2.05, 4.69) is 10.3 Å². The van der Waals surface area contributed by atoms with E-state index in [-0.39, 0.29) is 11.8 Å². The standard InChI is InChI=1S/C16H24N4O2/c1-12(2)15(21)19-14-5-3-13(4-6-14)11-18-16(17)20-7-9-22-10-8-20/h3-6,12H,7-11H2,1-2H3,(H2,17,18)(H,19,21). The van der Waals surface area contributed by atoms with Crippen LogP contribution < -0.4 is 11.1 Å². The van der Waals surface area contributed by atoms with Crippen LogP contribution in [0.15, 0.2) is 29.3 Å². The predicted molar refractivity (Wildman–Crippen MR) is 87.6 cm³/mol. The highest BCUT2D eigenvalue weighted by atomic mass is 16.5. The molecule has 0 bridgehead atoms. The van der Waals surface area contributed by atoms with E-state index in [0.717, 1.165) is 24.3 Å². The predicted octanol–water partition coefficient (Wildman–Crippen LogP) is 1.43. The Hall–Kier alpha value is -2.08. The maximum absolute atomic E-state index is 11.6. The molecule has 120 valence electrons. The number of hydrogen-bond donors (Lipinski definition) is 2. The van der Waals surface area contributed by atoms with Crippen LogP contribution in [0.2, 0.25) is 0 Å². The molecule has 0 aromatic heterocycles. The van der Waals surface area contributed by atoms with Gasteiger partial charge in [0.15, 0.2) is 5.96 Å². The molecule has 3 N–H and O–H groups in total. The Balaban J connectivity index is 1.89. The number of hydrogen-bond acceptors (Lipinski definition) is 3. The number of anilines is 1. The molecule has 22 heavy (non-hydrogen) atoms. The van der Waals surface area contributed by atoms with Gasteiger partial charge in [0.2, 0.25) is 5.91 Å². The highest BCUT2D eigenvalue weighted by Crippen LogP contribution is 2.12. The van der Waals surface area contributed by atoms with Gasteiger partial charge in [-0.25, -0.2) is 4.99 Å². The van der Waals surface area contributed by atoms with Crippen molar-refractivity contribution in [2.45, 2.75) is 20.4 Å². The quantitative estimate of drug-likeness (QED) is 0.651. The first-order chi connectivity index (χ1) is 10.6. The molecule has 1 fully saturated rings. The summed E-state index contributed by atoms with van der Waals surface area (Å²) in [5.74, 6) is 0.542. The number of carbonyl (C=O) groups is 1.